The number of carboxylic acid groups (broad SMARTS) is 1. The van der Waals surface area contributed by atoms with Gasteiger partial charge in [0, 0.05) is 0 Å². The van der Waals surface area contributed by atoms with Gasteiger partial charge in [-0.15, -0.1) is 5.10 Å². The summed E-state index contributed by atoms with van der Waals surface area (Å²) in [5, 5.41) is 16.8. The predicted octanol–water partition coefficient (Wildman–Crippen LogP) is 2.28. The molecule has 0 radical (unpaired) electrons. The van der Waals surface area contributed by atoms with Crippen molar-refractivity contribution in [3.8, 4) is 11.5 Å². The monoisotopic (exact) mass is 269 g/mol. The number of aromatic carboxylic acids is 1. The highest BCUT2D eigenvalue weighted by molar-refractivity contribution is 5.91. The average molecular weight is 269 g/mol. The molecule has 0 saturated heterocycles. The summed E-state index contributed by atoms with van der Waals surface area (Å²) in [6, 6.07) is 13.0. The van der Waals surface area contributed by atoms with Gasteiger partial charge >= 0.3 is 5.97 Å². The van der Waals surface area contributed by atoms with Crippen LogP contribution in [0.1, 0.15) is 16.1 Å². The van der Waals surface area contributed by atoms with Gasteiger partial charge in [-0.3, -0.25) is 0 Å². The van der Waals surface area contributed by atoms with E-state index >= 15 is 0 Å². The molecule has 0 atom stereocenters. The van der Waals surface area contributed by atoms with Crippen LogP contribution in [0.5, 0.6) is 0 Å². The molecule has 2 heterocycles. The Morgan fingerprint density at radius 1 is 1.20 bits per heavy atom. The first-order valence-electron chi connectivity index (χ1n) is 6.00. The fourth-order valence-corrected chi connectivity index (χ4v) is 1.98. The number of hydrogen-bond donors (Lipinski definition) is 1. The third kappa shape index (κ3) is 2.18. The van der Waals surface area contributed by atoms with Crippen molar-refractivity contribution < 1.29 is 14.3 Å². The Morgan fingerprint density at radius 2 is 2.00 bits per heavy atom. The molecule has 6 heteroatoms. The lowest BCUT2D eigenvalue weighted by atomic mass is 10.2. The minimum Gasteiger partial charge on any atom is -0.476 e. The van der Waals surface area contributed by atoms with Crippen molar-refractivity contribution in [2.24, 2.45) is 0 Å². The Balaban J connectivity index is 2.06. The van der Waals surface area contributed by atoms with Crippen LogP contribution >= 0.6 is 0 Å². The molecule has 6 nitrogen and oxygen atoms in total. The van der Waals surface area contributed by atoms with E-state index in [1.54, 1.807) is 12.1 Å². The lowest BCUT2D eigenvalue weighted by Crippen LogP contribution is -2.05. The van der Waals surface area contributed by atoms with Gasteiger partial charge in [-0.05, 0) is 17.7 Å². The minimum atomic E-state index is -1.13. The summed E-state index contributed by atoms with van der Waals surface area (Å²) in [6.45, 7) is 0.428. The van der Waals surface area contributed by atoms with Gasteiger partial charge in [0.1, 0.15) is 5.69 Å². The zero-order valence-corrected chi connectivity index (χ0v) is 10.4. The smallest absolute Gasteiger partial charge is 0.358 e. The van der Waals surface area contributed by atoms with Crippen LogP contribution in [0.25, 0.3) is 11.5 Å². The first kappa shape index (κ1) is 12.2. The van der Waals surface area contributed by atoms with Crippen LogP contribution in [0, 0.1) is 0 Å². The normalized spacial score (nSPS) is 10.6. The lowest BCUT2D eigenvalue weighted by molar-refractivity contribution is 0.0691. The summed E-state index contributed by atoms with van der Waals surface area (Å²) >= 11 is 0. The SMILES string of the molecule is O=C(O)c1nnn(Cc2ccccc2)c1-c1ccco1. The van der Waals surface area contributed by atoms with E-state index in [0.29, 0.717) is 18.0 Å². The number of carboxylic acids is 1. The summed E-state index contributed by atoms with van der Waals surface area (Å²) in [6.07, 6.45) is 1.49. The van der Waals surface area contributed by atoms with Gasteiger partial charge in [-0.25, -0.2) is 9.48 Å². The van der Waals surface area contributed by atoms with Crippen molar-refractivity contribution in [1.82, 2.24) is 15.0 Å². The Morgan fingerprint density at radius 3 is 2.65 bits per heavy atom. The second-order valence-electron chi connectivity index (χ2n) is 4.21. The largest absolute Gasteiger partial charge is 0.476 e. The number of benzene rings is 1. The molecule has 20 heavy (non-hydrogen) atoms. The van der Waals surface area contributed by atoms with Crippen LogP contribution in [0.3, 0.4) is 0 Å². The van der Waals surface area contributed by atoms with Crippen molar-refractivity contribution in [3.63, 3.8) is 0 Å². The Labute approximate surface area is 114 Å². The summed E-state index contributed by atoms with van der Waals surface area (Å²) < 4.78 is 6.81. The molecule has 0 aliphatic heterocycles. The average Bonchev–Trinajstić information content (AvgIpc) is 3.08. The Hall–Kier alpha value is -2.89. The highest BCUT2D eigenvalue weighted by Crippen LogP contribution is 2.23. The van der Waals surface area contributed by atoms with Gasteiger partial charge in [0.2, 0.25) is 5.69 Å². The van der Waals surface area contributed by atoms with Crippen LogP contribution < -0.4 is 0 Å². The minimum absolute atomic E-state index is 0.115. The number of aromatic nitrogens is 3. The maximum absolute atomic E-state index is 11.2. The molecule has 3 rings (SSSR count). The van der Waals surface area contributed by atoms with E-state index in [-0.39, 0.29) is 5.69 Å². The predicted molar refractivity (Wildman–Crippen MR) is 70.2 cm³/mol. The van der Waals surface area contributed by atoms with E-state index in [2.05, 4.69) is 10.3 Å². The summed E-state index contributed by atoms with van der Waals surface area (Å²) in [7, 11) is 0. The quantitative estimate of drug-likeness (QED) is 0.785. The van der Waals surface area contributed by atoms with Crippen molar-refractivity contribution in [2.75, 3.05) is 0 Å². The van der Waals surface area contributed by atoms with Crippen LogP contribution in [0.2, 0.25) is 0 Å². The maximum atomic E-state index is 11.2. The fraction of sp³-hybridized carbons (Fsp3) is 0.0714. The van der Waals surface area contributed by atoms with E-state index in [1.165, 1.54) is 10.9 Å². The van der Waals surface area contributed by atoms with Crippen molar-refractivity contribution in [2.45, 2.75) is 6.54 Å². The number of carbonyl (C=O) groups is 1. The topological polar surface area (TPSA) is 81.1 Å². The second-order valence-corrected chi connectivity index (χ2v) is 4.21. The molecule has 0 fully saturated rings. The third-order valence-electron chi connectivity index (χ3n) is 2.87. The van der Waals surface area contributed by atoms with Crippen LogP contribution in [0.4, 0.5) is 0 Å². The van der Waals surface area contributed by atoms with E-state index in [0.717, 1.165) is 5.56 Å². The zero-order chi connectivity index (χ0) is 13.9. The van der Waals surface area contributed by atoms with Gasteiger partial charge in [-0.2, -0.15) is 0 Å². The summed E-state index contributed by atoms with van der Waals surface area (Å²) in [5.74, 6) is -0.695. The molecule has 1 aromatic carbocycles. The zero-order valence-electron chi connectivity index (χ0n) is 10.4. The third-order valence-corrected chi connectivity index (χ3v) is 2.87. The van der Waals surface area contributed by atoms with E-state index in [1.807, 2.05) is 30.3 Å². The van der Waals surface area contributed by atoms with E-state index in [9.17, 15) is 9.90 Å². The Bertz CT molecular complexity index is 717. The first-order valence-corrected chi connectivity index (χ1v) is 6.00. The number of rotatable bonds is 4. The van der Waals surface area contributed by atoms with Gasteiger partial charge in [0.15, 0.2) is 5.76 Å². The fourth-order valence-electron chi connectivity index (χ4n) is 1.98. The lowest BCUT2D eigenvalue weighted by Gasteiger charge is -2.05. The number of hydrogen-bond acceptors (Lipinski definition) is 4. The van der Waals surface area contributed by atoms with Gasteiger partial charge in [0.05, 0.1) is 12.8 Å². The standard InChI is InChI=1S/C14H11N3O3/c18-14(19)12-13(11-7-4-8-20-11)17(16-15-12)9-10-5-2-1-3-6-10/h1-8H,9H2,(H,18,19). The molecule has 0 aliphatic carbocycles. The molecule has 100 valence electrons. The van der Waals surface area contributed by atoms with Crippen LogP contribution in [-0.2, 0) is 6.54 Å². The maximum Gasteiger partial charge on any atom is 0.358 e. The Kier molecular flexibility index (Phi) is 3.04. The molecule has 1 N–H and O–H groups in total. The second kappa shape index (κ2) is 5.00. The molecule has 0 amide bonds. The molecule has 3 aromatic rings. The van der Waals surface area contributed by atoms with Gasteiger partial charge < -0.3 is 9.52 Å². The summed E-state index contributed by atoms with van der Waals surface area (Å²) in [4.78, 5) is 11.2. The van der Waals surface area contributed by atoms with Crippen molar-refractivity contribution >= 4 is 5.97 Å². The van der Waals surface area contributed by atoms with Crippen LogP contribution in [0.15, 0.2) is 53.1 Å². The van der Waals surface area contributed by atoms with Crippen molar-refractivity contribution in [3.05, 3.63) is 60.0 Å². The van der Waals surface area contributed by atoms with Crippen molar-refractivity contribution in [1.29, 1.82) is 0 Å². The van der Waals surface area contributed by atoms with E-state index < -0.39 is 5.97 Å². The molecule has 0 bridgehead atoms. The molecular formula is C14H11N3O3. The molecule has 0 unspecified atom stereocenters. The summed E-state index contributed by atoms with van der Waals surface area (Å²) in [5.41, 5.74) is 1.25. The highest BCUT2D eigenvalue weighted by atomic mass is 16.4. The highest BCUT2D eigenvalue weighted by Gasteiger charge is 2.22. The molecule has 2 aromatic heterocycles. The molecule has 0 aliphatic rings. The molecule has 0 spiro atoms. The first-order chi connectivity index (χ1) is 9.75. The van der Waals surface area contributed by atoms with E-state index in [4.69, 9.17) is 4.42 Å². The molecular weight excluding hydrogens is 258 g/mol. The number of furan rings is 1. The number of nitrogens with zero attached hydrogens (tertiary/aromatic N) is 3. The van der Waals surface area contributed by atoms with Gasteiger partial charge in [0.25, 0.3) is 0 Å². The van der Waals surface area contributed by atoms with Crippen LogP contribution in [-0.4, -0.2) is 26.1 Å². The van der Waals surface area contributed by atoms with Gasteiger partial charge in [-0.1, -0.05) is 35.5 Å². The molecule has 0 saturated carbocycles.